The Morgan fingerprint density at radius 3 is 1.02 bits per heavy atom. The summed E-state index contributed by atoms with van der Waals surface area (Å²) >= 11 is 20.9. The topological polar surface area (TPSA) is 316 Å². The Kier molecular flexibility index (Phi) is 52.9. The van der Waals surface area contributed by atoms with Gasteiger partial charge in [-0.05, 0) is 27.7 Å². The summed E-state index contributed by atoms with van der Waals surface area (Å²) in [7, 11) is 0. The van der Waals surface area contributed by atoms with Gasteiger partial charge in [0.1, 0.15) is 0 Å². The number of amidine groups is 2. The zero-order valence-corrected chi connectivity index (χ0v) is 63.0. The molecule has 2 radical (unpaired) electrons. The molecule has 0 aromatic carbocycles. The molecule has 0 aromatic rings. The predicted octanol–water partition coefficient (Wildman–Crippen LogP) is 12.5. The van der Waals surface area contributed by atoms with E-state index in [9.17, 15) is 0 Å². The van der Waals surface area contributed by atoms with E-state index in [0.717, 1.165) is 126 Å². The van der Waals surface area contributed by atoms with Crippen LogP contribution in [0.3, 0.4) is 0 Å². The molecule has 0 bridgehead atoms. The third kappa shape index (κ3) is 38.2. The number of nitrogens with one attached hydrogen (secondary N) is 6. The van der Waals surface area contributed by atoms with Gasteiger partial charge < -0.3 is 136 Å². The van der Waals surface area contributed by atoms with Crippen LogP contribution in [0.1, 0.15) is 190 Å². The second-order valence-electron chi connectivity index (χ2n) is 23.7. The van der Waals surface area contributed by atoms with Crippen molar-refractivity contribution < 1.29 is 68.3 Å². The zero-order chi connectivity index (χ0) is 63.1. The van der Waals surface area contributed by atoms with Gasteiger partial charge in [-0.3, -0.25) is 10.9 Å². The van der Waals surface area contributed by atoms with Crippen LogP contribution in [0.5, 0.6) is 0 Å². The molecule has 0 saturated carbocycles. The summed E-state index contributed by atoms with van der Waals surface area (Å²) in [4.78, 5) is 0. The standard InChI is InChI=1S/C15H30N6S.3C15H26N6S.4Fe/c4*1-11(13-7-3-5-9-16-13)18-20-15(22)21-19-12(2)14-8-4-6-10-17-14;;;;/h11-15,20-22H,3-10H2,1-2H3;2*13-14H,3-10H2,1-2H3,(H2,20,21,22);3,5,7,11-12,14-15,20-22H,4,6,8-10H2,1-2H3;;;;/q-4;2*-2;-4;2*+3;2*+4/p-4. The van der Waals surface area contributed by atoms with Crippen LogP contribution in [0, 0.1) is 0 Å². The number of piperidine rings is 7. The van der Waals surface area contributed by atoms with Gasteiger partial charge in [0.15, 0.2) is 0 Å². The molecule has 8 aliphatic heterocycles. The summed E-state index contributed by atoms with van der Waals surface area (Å²) < 4.78 is 0. The number of nitrogens with zero attached hydrogens (tertiary/aromatic N) is 18. The number of allylic oxidation sites excluding steroid dienone is 2. The van der Waals surface area contributed by atoms with Crippen LogP contribution in [-0.4, -0.2) is 163 Å². The Hall–Kier alpha value is -0.482. The van der Waals surface area contributed by atoms with Crippen LogP contribution in [0.2, 0.25) is 0 Å². The minimum Gasteiger partial charge on any atom is -0.762 e. The molecule has 92 heavy (non-hydrogen) atoms. The maximum absolute atomic E-state index is 5.31. The molecule has 0 aliphatic carbocycles. The molecular weight excluding hydrogens is 1410 g/mol. The minimum atomic E-state index is -0.423. The Morgan fingerprint density at radius 1 is 0.435 bits per heavy atom. The molecule has 8 rings (SSSR count). The molecule has 8 heterocycles. The van der Waals surface area contributed by atoms with E-state index < -0.39 is 5.50 Å². The zero-order valence-electron chi connectivity index (χ0n) is 55.3. The summed E-state index contributed by atoms with van der Waals surface area (Å²) in [5, 5.41) is 62.0. The fraction of sp³-hybridized carbons (Fsp3) is 0.833. The Balaban J connectivity index is 0.000000605. The molecule has 0 amide bonds. The molecule has 8 aliphatic rings. The molecule has 6 N–H and O–H groups in total. The summed E-state index contributed by atoms with van der Waals surface area (Å²) in [6.45, 7) is 23.5. The van der Waals surface area contributed by atoms with Gasteiger partial charge in [-0.25, -0.2) is 0 Å². The van der Waals surface area contributed by atoms with Crippen LogP contribution in [0.15, 0.2) is 54.5 Å². The van der Waals surface area contributed by atoms with Gasteiger partial charge in [0.2, 0.25) is 0 Å². The van der Waals surface area contributed by atoms with Crippen molar-refractivity contribution in [3.8, 4) is 0 Å². The van der Waals surface area contributed by atoms with Crippen LogP contribution < -0.4 is 32.6 Å². The molecule has 7 fully saturated rings. The van der Waals surface area contributed by atoms with Crippen molar-refractivity contribution in [1.82, 2.24) is 32.6 Å². The van der Waals surface area contributed by atoms with Gasteiger partial charge in [0.25, 0.3) is 0 Å². The normalized spacial score (nSPS) is 27.2. The Morgan fingerprint density at radius 2 is 0.739 bits per heavy atom. The number of rotatable bonds is 24. The molecule has 24 nitrogen and oxygen atoms in total. The van der Waals surface area contributed by atoms with E-state index in [1.807, 2.05) is 52.8 Å². The van der Waals surface area contributed by atoms with Gasteiger partial charge >= 0.3 is 68.3 Å². The quantitative estimate of drug-likeness (QED) is 0.0132. The summed E-state index contributed by atoms with van der Waals surface area (Å²) in [6, 6.07) is 2.27. The van der Waals surface area contributed by atoms with Crippen molar-refractivity contribution in [2.75, 3.05) is 52.4 Å². The molecule has 12 atom stereocenters. The SMILES string of the molecule is CC(=NN=C([S-])NN=C(C)C1CCCC[N-]1)C1CCCC[N-]1.CC(=NN=C([S-])NN=C(C)C1CCCC[N-]1)C1CCCC[N-]1.CC([N-]NC([S-])N[N-]C(C)C1CCCC[N-]1)C1=CC=CC[N-]1.CC([N-]NC([S-])N[N-]C(C)C1CCCC[N-]1)C1CCCC[N-]1.[Fe+3].[Fe+3].[Fe+4].[Fe+4]. The van der Waals surface area contributed by atoms with Crippen molar-refractivity contribution >= 4 is 83.7 Å². The largest absolute Gasteiger partial charge is 4.00 e. The number of hydrogen-bond acceptors (Lipinski definition) is 14. The van der Waals surface area contributed by atoms with Gasteiger partial charge in [-0.1, -0.05) is 199 Å². The van der Waals surface area contributed by atoms with Crippen molar-refractivity contribution in [3.05, 3.63) is 88.2 Å². The molecule has 0 spiro atoms. The first-order valence-corrected chi connectivity index (χ1v) is 34.4. The molecule has 32 heteroatoms. The van der Waals surface area contributed by atoms with Crippen molar-refractivity contribution in [1.29, 1.82) is 0 Å². The van der Waals surface area contributed by atoms with Crippen LogP contribution in [0.4, 0.5) is 0 Å². The van der Waals surface area contributed by atoms with Crippen molar-refractivity contribution in [3.63, 3.8) is 0 Å². The first-order valence-electron chi connectivity index (χ1n) is 32.7. The van der Waals surface area contributed by atoms with E-state index in [4.69, 9.17) is 50.5 Å². The third-order valence-corrected chi connectivity index (χ3v) is 17.2. The van der Waals surface area contributed by atoms with Crippen molar-refractivity contribution in [2.45, 2.75) is 268 Å². The van der Waals surface area contributed by atoms with E-state index >= 15 is 0 Å². The molecule has 0 aromatic heterocycles. The average molecular weight is 1510 g/mol. The van der Waals surface area contributed by atoms with Gasteiger partial charge in [-0.15, -0.1) is 93.6 Å². The Bertz CT molecular complexity index is 2040. The summed E-state index contributed by atoms with van der Waals surface area (Å²) in [5.41, 5.74) is 39.0. The van der Waals surface area contributed by atoms with Gasteiger partial charge in [0.05, 0.1) is 0 Å². The second-order valence-corrected chi connectivity index (χ2v) is 25.4. The van der Waals surface area contributed by atoms with E-state index in [1.54, 1.807) is 0 Å². The Labute approximate surface area is 618 Å². The molecule has 7 saturated heterocycles. The van der Waals surface area contributed by atoms with Gasteiger partial charge in [-0.2, -0.15) is 54.4 Å². The maximum atomic E-state index is 5.31. The molecule has 12 unspecified atom stereocenters. The number of hydrazone groups is 2. The van der Waals surface area contributed by atoms with E-state index in [1.165, 1.54) is 89.9 Å². The molecular formula is C60H104Fe4N24S4-2. The predicted molar refractivity (Wildman–Crippen MR) is 381 cm³/mol. The molecule has 522 valence electrons. The summed E-state index contributed by atoms with van der Waals surface area (Å²) in [5.74, 6) is 0. The first kappa shape index (κ1) is 89.5. The maximum Gasteiger partial charge on any atom is 4.00 e. The van der Waals surface area contributed by atoms with E-state index in [2.05, 4.69) is 148 Å². The average Bonchev–Trinajstić information content (AvgIpc) is 3.73. The minimum absolute atomic E-state index is 0. The van der Waals surface area contributed by atoms with Crippen LogP contribution in [0.25, 0.3) is 64.2 Å². The van der Waals surface area contributed by atoms with Crippen LogP contribution >= 0.6 is 0 Å². The van der Waals surface area contributed by atoms with Gasteiger partial charge in [0, 0.05) is 33.2 Å². The monoisotopic (exact) mass is 1510 g/mol. The fourth-order valence-corrected chi connectivity index (χ4v) is 11.2. The van der Waals surface area contributed by atoms with Crippen LogP contribution in [-0.2, 0) is 119 Å². The van der Waals surface area contributed by atoms with E-state index in [-0.39, 0.29) is 132 Å². The fourth-order valence-electron chi connectivity index (χ4n) is 10.8. The number of hydrogen-bond donors (Lipinski definition) is 6. The van der Waals surface area contributed by atoms with Crippen molar-refractivity contribution in [2.24, 2.45) is 30.6 Å². The third-order valence-electron chi connectivity index (χ3n) is 16.4. The van der Waals surface area contributed by atoms with E-state index in [0.29, 0.717) is 18.1 Å². The first-order chi connectivity index (χ1) is 42.7. The smallest absolute Gasteiger partial charge is 0.762 e. The summed E-state index contributed by atoms with van der Waals surface area (Å²) in [6.07, 6.45) is 30.6. The second kappa shape index (κ2) is 54.4.